The van der Waals surface area contributed by atoms with Gasteiger partial charge in [0.2, 0.25) is 11.6 Å². The molecule has 5 aromatic rings. The highest BCUT2D eigenvalue weighted by Crippen LogP contribution is 2.24. The zero-order chi connectivity index (χ0) is 20.5. The molecule has 0 aliphatic rings. The van der Waals surface area contributed by atoms with Gasteiger partial charge >= 0.3 is 0 Å². The van der Waals surface area contributed by atoms with Crippen LogP contribution >= 0.6 is 0 Å². The normalized spacial score (nSPS) is 10.9. The Morgan fingerprint density at radius 1 is 0.500 bits per heavy atom. The zero-order valence-corrected chi connectivity index (χ0v) is 15.7. The van der Waals surface area contributed by atoms with Crippen LogP contribution in [-0.4, -0.2) is 31.5 Å². The Balaban J connectivity index is 1.66. The molecular weight excluding hydrogens is 376 g/mol. The lowest BCUT2D eigenvalue weighted by molar-refractivity contribution is 0.102. The molecule has 4 aromatic heterocycles. The molecule has 0 N–H and O–H groups in total. The Kier molecular flexibility index (Phi) is 4.29. The number of hydrogen-bond acceptors (Lipinski definition) is 6. The van der Waals surface area contributed by atoms with E-state index in [1.165, 1.54) is 0 Å². The standard InChI is InChI=1S/C24H14N4O2/c29-23(17-5-1-3-13-25-17)19-11-9-15-7-8-16-10-12-20(28-22(16)21(15)27-19)24(30)18-6-2-4-14-26-18/h1-14H. The van der Waals surface area contributed by atoms with Gasteiger partial charge in [-0.05, 0) is 36.4 Å². The number of nitrogens with zero attached hydrogens (tertiary/aromatic N) is 4. The quantitative estimate of drug-likeness (QED) is 0.340. The van der Waals surface area contributed by atoms with Gasteiger partial charge in [-0.1, -0.05) is 36.4 Å². The minimum Gasteiger partial charge on any atom is -0.285 e. The van der Waals surface area contributed by atoms with Gasteiger partial charge in [0, 0.05) is 23.2 Å². The summed E-state index contributed by atoms with van der Waals surface area (Å²) in [5, 5.41) is 1.66. The van der Waals surface area contributed by atoms with Gasteiger partial charge in [-0.2, -0.15) is 0 Å². The van der Waals surface area contributed by atoms with Gasteiger partial charge < -0.3 is 0 Å². The van der Waals surface area contributed by atoms with E-state index >= 15 is 0 Å². The van der Waals surface area contributed by atoms with Crippen molar-refractivity contribution in [2.45, 2.75) is 0 Å². The molecule has 1 aromatic carbocycles. The van der Waals surface area contributed by atoms with Crippen LogP contribution in [0.25, 0.3) is 21.8 Å². The van der Waals surface area contributed by atoms with Gasteiger partial charge in [0.15, 0.2) is 0 Å². The Bertz CT molecular complexity index is 1310. The van der Waals surface area contributed by atoms with Gasteiger partial charge in [0.25, 0.3) is 0 Å². The van der Waals surface area contributed by atoms with E-state index in [4.69, 9.17) is 0 Å². The summed E-state index contributed by atoms with van der Waals surface area (Å²) >= 11 is 0. The van der Waals surface area contributed by atoms with Gasteiger partial charge in [0.1, 0.15) is 22.8 Å². The average molecular weight is 390 g/mol. The Hall–Kier alpha value is -4.32. The predicted octanol–water partition coefficient (Wildman–Crippen LogP) is 4.04. The second-order valence-electron chi connectivity index (χ2n) is 6.69. The Morgan fingerprint density at radius 3 is 1.33 bits per heavy atom. The van der Waals surface area contributed by atoms with E-state index in [2.05, 4.69) is 19.9 Å². The van der Waals surface area contributed by atoms with E-state index in [9.17, 15) is 9.59 Å². The van der Waals surface area contributed by atoms with Crippen molar-refractivity contribution in [2.75, 3.05) is 0 Å². The number of hydrogen-bond donors (Lipinski definition) is 0. The minimum atomic E-state index is -0.268. The van der Waals surface area contributed by atoms with Crippen molar-refractivity contribution in [3.63, 3.8) is 0 Å². The number of ketones is 2. The lowest BCUT2D eigenvalue weighted by Gasteiger charge is -2.07. The molecule has 5 rings (SSSR count). The third-order valence-corrected chi connectivity index (χ3v) is 4.78. The van der Waals surface area contributed by atoms with Gasteiger partial charge in [-0.15, -0.1) is 0 Å². The molecule has 0 spiro atoms. The maximum Gasteiger partial charge on any atom is 0.229 e. The monoisotopic (exact) mass is 390 g/mol. The third-order valence-electron chi connectivity index (χ3n) is 4.78. The number of fused-ring (bicyclic) bond motifs is 3. The summed E-state index contributed by atoms with van der Waals surface area (Å²) in [5.41, 5.74) is 2.32. The molecule has 0 unspecified atom stereocenters. The van der Waals surface area contributed by atoms with E-state index in [1.54, 1.807) is 60.9 Å². The molecular formula is C24H14N4O2. The van der Waals surface area contributed by atoms with Crippen LogP contribution in [-0.2, 0) is 0 Å². The molecule has 0 fully saturated rings. The van der Waals surface area contributed by atoms with Crippen LogP contribution < -0.4 is 0 Å². The number of carbonyl (C=O) groups excluding carboxylic acids is 2. The van der Waals surface area contributed by atoms with Crippen LogP contribution in [0.1, 0.15) is 32.4 Å². The molecule has 0 aliphatic carbocycles. The van der Waals surface area contributed by atoms with Crippen molar-refractivity contribution in [1.82, 2.24) is 19.9 Å². The van der Waals surface area contributed by atoms with Crippen LogP contribution in [0.3, 0.4) is 0 Å². The summed E-state index contributed by atoms with van der Waals surface area (Å²) in [6.07, 6.45) is 3.14. The summed E-state index contributed by atoms with van der Waals surface area (Å²) in [7, 11) is 0. The highest BCUT2D eigenvalue weighted by molar-refractivity contribution is 6.11. The number of rotatable bonds is 4. The summed E-state index contributed by atoms with van der Waals surface area (Å²) in [6.45, 7) is 0. The smallest absolute Gasteiger partial charge is 0.229 e. The molecule has 0 radical (unpaired) electrons. The molecule has 142 valence electrons. The van der Waals surface area contributed by atoms with E-state index in [1.807, 2.05) is 24.3 Å². The molecule has 0 saturated heterocycles. The fourth-order valence-corrected chi connectivity index (χ4v) is 3.28. The Morgan fingerprint density at radius 2 is 0.933 bits per heavy atom. The first kappa shape index (κ1) is 17.8. The first-order valence-corrected chi connectivity index (χ1v) is 9.33. The van der Waals surface area contributed by atoms with Crippen LogP contribution in [0.15, 0.2) is 85.2 Å². The molecule has 0 atom stereocenters. The number of aromatic nitrogens is 4. The average Bonchev–Trinajstić information content (AvgIpc) is 2.83. The van der Waals surface area contributed by atoms with Crippen LogP contribution in [0, 0.1) is 0 Å². The van der Waals surface area contributed by atoms with E-state index in [0.717, 1.165) is 10.8 Å². The second-order valence-corrected chi connectivity index (χ2v) is 6.69. The molecule has 0 aliphatic heterocycles. The molecule has 0 amide bonds. The highest BCUT2D eigenvalue weighted by atomic mass is 16.1. The lowest BCUT2D eigenvalue weighted by atomic mass is 10.1. The van der Waals surface area contributed by atoms with Gasteiger partial charge in [0.05, 0.1) is 11.0 Å². The van der Waals surface area contributed by atoms with Crippen LogP contribution in [0.5, 0.6) is 0 Å². The largest absolute Gasteiger partial charge is 0.285 e. The van der Waals surface area contributed by atoms with Gasteiger partial charge in [-0.25, -0.2) is 9.97 Å². The molecule has 0 bridgehead atoms. The van der Waals surface area contributed by atoms with E-state index in [0.29, 0.717) is 22.4 Å². The van der Waals surface area contributed by atoms with Crippen molar-refractivity contribution in [2.24, 2.45) is 0 Å². The molecule has 30 heavy (non-hydrogen) atoms. The van der Waals surface area contributed by atoms with Crippen molar-refractivity contribution < 1.29 is 9.59 Å². The summed E-state index contributed by atoms with van der Waals surface area (Å²) in [4.78, 5) is 42.9. The fraction of sp³-hybridized carbons (Fsp3) is 0. The molecule has 4 heterocycles. The van der Waals surface area contributed by atoms with Crippen molar-refractivity contribution >= 4 is 33.4 Å². The first-order chi connectivity index (χ1) is 14.7. The Labute approximate surface area is 171 Å². The zero-order valence-electron chi connectivity index (χ0n) is 15.7. The molecule has 0 saturated carbocycles. The predicted molar refractivity (Wildman–Crippen MR) is 112 cm³/mol. The lowest BCUT2D eigenvalue weighted by Crippen LogP contribution is -2.07. The van der Waals surface area contributed by atoms with Crippen LogP contribution in [0.2, 0.25) is 0 Å². The summed E-state index contributed by atoms with van der Waals surface area (Å²) in [6, 6.07) is 21.2. The first-order valence-electron chi connectivity index (χ1n) is 9.33. The van der Waals surface area contributed by atoms with Crippen molar-refractivity contribution in [1.29, 1.82) is 0 Å². The molecule has 6 nitrogen and oxygen atoms in total. The number of benzene rings is 1. The number of pyridine rings is 4. The van der Waals surface area contributed by atoms with E-state index < -0.39 is 0 Å². The van der Waals surface area contributed by atoms with E-state index in [-0.39, 0.29) is 23.0 Å². The summed E-state index contributed by atoms with van der Waals surface area (Å²) < 4.78 is 0. The SMILES string of the molecule is O=C(c1ccccn1)c1ccc2ccc3ccc(C(=O)c4ccccn4)nc3c2n1. The van der Waals surface area contributed by atoms with Crippen LogP contribution in [0.4, 0.5) is 0 Å². The molecule has 6 heteroatoms. The second kappa shape index (κ2) is 7.25. The fourth-order valence-electron chi connectivity index (χ4n) is 3.28. The highest BCUT2D eigenvalue weighted by Gasteiger charge is 2.16. The number of carbonyl (C=O) groups is 2. The topological polar surface area (TPSA) is 85.7 Å². The maximum atomic E-state index is 12.8. The van der Waals surface area contributed by atoms with Crippen molar-refractivity contribution in [3.8, 4) is 0 Å². The third kappa shape index (κ3) is 3.10. The minimum absolute atomic E-state index is 0.268. The maximum absolute atomic E-state index is 12.8. The van der Waals surface area contributed by atoms with Crippen molar-refractivity contribution in [3.05, 3.63) is 108 Å². The van der Waals surface area contributed by atoms with Gasteiger partial charge in [-0.3, -0.25) is 19.6 Å². The summed E-state index contributed by atoms with van der Waals surface area (Å²) in [5.74, 6) is -0.537.